The number of hydrogen-bond acceptors (Lipinski definition) is 3. The third-order valence-corrected chi connectivity index (χ3v) is 2.89. The molecule has 0 aliphatic heterocycles. The molecule has 17 heavy (non-hydrogen) atoms. The van der Waals surface area contributed by atoms with Gasteiger partial charge >= 0.3 is 11.1 Å². The molecule has 1 heterocycles. The van der Waals surface area contributed by atoms with E-state index in [9.17, 15) is 18.0 Å². The number of halogens is 3. The highest BCUT2D eigenvalue weighted by Gasteiger charge is 2.31. The molecule has 6 heteroatoms. The van der Waals surface area contributed by atoms with E-state index in [4.69, 9.17) is 4.42 Å². The first kappa shape index (κ1) is 12.0. The maximum Gasteiger partial charge on any atom is 0.446 e. The molecule has 0 saturated carbocycles. The van der Waals surface area contributed by atoms with E-state index in [-0.39, 0.29) is 0 Å². The maximum absolute atomic E-state index is 12.2. The summed E-state index contributed by atoms with van der Waals surface area (Å²) in [7, 11) is 0. The zero-order valence-corrected chi connectivity index (χ0v) is 9.48. The lowest BCUT2D eigenvalue weighted by Crippen LogP contribution is -2.08. The van der Waals surface area contributed by atoms with Crippen LogP contribution in [0.5, 0.6) is 0 Å². The summed E-state index contributed by atoms with van der Waals surface area (Å²) in [6, 6.07) is 6.22. The number of aryl methyl sites for hydroxylation is 1. The Kier molecular flexibility index (Phi) is 2.91. The van der Waals surface area contributed by atoms with Crippen molar-refractivity contribution in [1.29, 1.82) is 0 Å². The largest absolute Gasteiger partial charge is 0.446 e. The van der Waals surface area contributed by atoms with Crippen molar-refractivity contribution >= 4 is 22.7 Å². The molecule has 0 aliphatic rings. The molecular formula is C11H7F3O2S. The fourth-order valence-electron chi connectivity index (χ4n) is 1.47. The minimum Gasteiger partial charge on any atom is -0.422 e. The fraction of sp³-hybridized carbons (Fsp3) is 0.182. The van der Waals surface area contributed by atoms with Gasteiger partial charge in [-0.2, -0.15) is 13.2 Å². The van der Waals surface area contributed by atoms with E-state index >= 15 is 0 Å². The van der Waals surface area contributed by atoms with Crippen molar-refractivity contribution < 1.29 is 17.6 Å². The molecule has 2 nitrogen and oxygen atoms in total. The molecule has 0 N–H and O–H groups in total. The highest BCUT2D eigenvalue weighted by Crippen LogP contribution is 2.36. The molecule has 0 atom stereocenters. The quantitative estimate of drug-likeness (QED) is 0.578. The number of alkyl halides is 3. The summed E-state index contributed by atoms with van der Waals surface area (Å²) >= 11 is -0.458. The minimum absolute atomic E-state index is 0.323. The summed E-state index contributed by atoms with van der Waals surface area (Å²) in [4.78, 5) is 10.9. The molecule has 90 valence electrons. The Morgan fingerprint density at radius 2 is 2.00 bits per heavy atom. The SMILES string of the molecule is Cc1cccc2cc(SC(F)(F)F)c(=O)oc12. The molecule has 0 bridgehead atoms. The van der Waals surface area contributed by atoms with Crippen molar-refractivity contribution in [1.82, 2.24) is 0 Å². The summed E-state index contributed by atoms with van der Waals surface area (Å²) in [5, 5.41) is 0.483. The number of thioether (sulfide) groups is 1. The lowest BCUT2D eigenvalue weighted by molar-refractivity contribution is -0.0329. The van der Waals surface area contributed by atoms with E-state index in [1.165, 1.54) is 6.07 Å². The minimum atomic E-state index is -4.49. The van der Waals surface area contributed by atoms with Crippen molar-refractivity contribution in [2.24, 2.45) is 0 Å². The predicted molar refractivity (Wildman–Crippen MR) is 59.1 cm³/mol. The summed E-state index contributed by atoms with van der Waals surface area (Å²) in [6.45, 7) is 1.72. The van der Waals surface area contributed by atoms with Crippen molar-refractivity contribution in [3.8, 4) is 0 Å². The molecule has 0 spiro atoms. The van der Waals surface area contributed by atoms with Crippen molar-refractivity contribution in [3.63, 3.8) is 0 Å². The Balaban J connectivity index is 2.61. The van der Waals surface area contributed by atoms with Gasteiger partial charge in [0.25, 0.3) is 0 Å². The lowest BCUT2D eigenvalue weighted by Gasteiger charge is -2.05. The van der Waals surface area contributed by atoms with Gasteiger partial charge in [0.05, 0.1) is 0 Å². The highest BCUT2D eigenvalue weighted by molar-refractivity contribution is 8.00. The fourth-order valence-corrected chi connectivity index (χ4v) is 2.03. The lowest BCUT2D eigenvalue weighted by atomic mass is 10.1. The summed E-state index contributed by atoms with van der Waals surface area (Å²) in [6.07, 6.45) is 0. The van der Waals surface area contributed by atoms with E-state index in [2.05, 4.69) is 0 Å². The Bertz CT molecular complexity index is 616. The van der Waals surface area contributed by atoms with Gasteiger partial charge in [-0.15, -0.1) is 0 Å². The number of fused-ring (bicyclic) bond motifs is 1. The first-order chi connectivity index (χ1) is 7.87. The van der Waals surface area contributed by atoms with Crippen molar-refractivity contribution in [3.05, 3.63) is 40.2 Å². The average Bonchev–Trinajstić information content (AvgIpc) is 2.19. The van der Waals surface area contributed by atoms with Crippen molar-refractivity contribution in [2.75, 3.05) is 0 Å². The third-order valence-electron chi connectivity index (χ3n) is 2.15. The zero-order chi connectivity index (χ0) is 12.6. The smallest absolute Gasteiger partial charge is 0.422 e. The van der Waals surface area contributed by atoms with Gasteiger partial charge in [-0.3, -0.25) is 0 Å². The number of para-hydroxylation sites is 1. The predicted octanol–water partition coefficient (Wildman–Crippen LogP) is 3.71. The highest BCUT2D eigenvalue weighted by atomic mass is 32.2. The van der Waals surface area contributed by atoms with Crippen LogP contribution < -0.4 is 5.63 Å². The number of hydrogen-bond donors (Lipinski definition) is 0. The van der Waals surface area contributed by atoms with Crippen LogP contribution in [0, 0.1) is 6.92 Å². The van der Waals surface area contributed by atoms with Crippen LogP contribution in [0.25, 0.3) is 11.0 Å². The van der Waals surface area contributed by atoms with Gasteiger partial charge < -0.3 is 4.42 Å². The molecule has 0 amide bonds. The molecular weight excluding hydrogens is 253 g/mol. The Labute approximate surface area is 98.4 Å². The van der Waals surface area contributed by atoms with Crippen LogP contribution in [-0.2, 0) is 0 Å². The van der Waals surface area contributed by atoms with E-state index < -0.39 is 27.8 Å². The second-order valence-electron chi connectivity index (χ2n) is 3.44. The molecule has 0 radical (unpaired) electrons. The topological polar surface area (TPSA) is 30.2 Å². The Hall–Kier alpha value is -1.43. The standard InChI is InChI=1S/C11H7F3O2S/c1-6-3-2-4-7-5-8(17-11(12,13)14)10(15)16-9(6)7/h2-5H,1H3. The van der Waals surface area contributed by atoms with E-state index in [0.29, 0.717) is 16.5 Å². The van der Waals surface area contributed by atoms with Crippen LogP contribution in [0.3, 0.4) is 0 Å². The maximum atomic E-state index is 12.2. The molecule has 0 saturated heterocycles. The average molecular weight is 260 g/mol. The Morgan fingerprint density at radius 1 is 1.29 bits per heavy atom. The van der Waals surface area contributed by atoms with Gasteiger partial charge in [0.2, 0.25) is 0 Å². The number of rotatable bonds is 1. The molecule has 2 aromatic rings. The van der Waals surface area contributed by atoms with Crippen LogP contribution in [0.2, 0.25) is 0 Å². The first-order valence-corrected chi connectivity index (χ1v) is 5.48. The zero-order valence-electron chi connectivity index (χ0n) is 8.67. The third kappa shape index (κ3) is 2.63. The summed E-state index contributed by atoms with van der Waals surface area (Å²) in [5.74, 6) is 0. The van der Waals surface area contributed by atoms with Crippen LogP contribution in [0.4, 0.5) is 13.2 Å². The van der Waals surface area contributed by atoms with Crippen LogP contribution in [0.1, 0.15) is 5.56 Å². The Morgan fingerprint density at radius 3 is 2.65 bits per heavy atom. The monoisotopic (exact) mass is 260 g/mol. The molecule has 2 rings (SSSR count). The van der Waals surface area contributed by atoms with Gasteiger partial charge in [0.1, 0.15) is 10.5 Å². The summed E-state index contributed by atoms with van der Waals surface area (Å²) < 4.78 is 41.4. The molecule has 0 unspecified atom stereocenters. The van der Waals surface area contributed by atoms with Gasteiger partial charge in [-0.05, 0) is 30.3 Å². The van der Waals surface area contributed by atoms with Gasteiger partial charge in [0.15, 0.2) is 0 Å². The van der Waals surface area contributed by atoms with Crippen molar-refractivity contribution in [2.45, 2.75) is 17.3 Å². The van der Waals surface area contributed by atoms with Gasteiger partial charge in [-0.25, -0.2) is 4.79 Å². The summed E-state index contributed by atoms with van der Waals surface area (Å²) in [5.41, 5.74) is -4.42. The van der Waals surface area contributed by atoms with Crippen LogP contribution in [-0.4, -0.2) is 5.51 Å². The van der Waals surface area contributed by atoms with E-state index in [1.54, 1.807) is 25.1 Å². The van der Waals surface area contributed by atoms with E-state index in [0.717, 1.165) is 0 Å². The molecule has 0 fully saturated rings. The first-order valence-electron chi connectivity index (χ1n) is 4.66. The van der Waals surface area contributed by atoms with Crippen LogP contribution in [0.15, 0.2) is 38.4 Å². The van der Waals surface area contributed by atoms with Gasteiger partial charge in [-0.1, -0.05) is 18.2 Å². The second-order valence-corrected chi connectivity index (χ2v) is 4.55. The van der Waals surface area contributed by atoms with Gasteiger partial charge in [0, 0.05) is 5.39 Å². The van der Waals surface area contributed by atoms with E-state index in [1.807, 2.05) is 0 Å². The molecule has 0 aliphatic carbocycles. The van der Waals surface area contributed by atoms with Crippen LogP contribution >= 0.6 is 11.8 Å². The number of benzene rings is 1. The molecule has 1 aromatic heterocycles. The molecule has 1 aromatic carbocycles. The second kappa shape index (κ2) is 4.10. The normalized spacial score (nSPS) is 12.0.